The SMILES string of the molecule is [C-]#[N+]c1ccnc2nc(-c3[nH]nc4ncc(-c5cncc(NC(=O)N(C)C)c5)cc34)[nH]c12. The lowest BCUT2D eigenvalue weighted by Gasteiger charge is -2.12. The van der Waals surface area contributed by atoms with Gasteiger partial charge in [-0.3, -0.25) is 10.1 Å². The summed E-state index contributed by atoms with van der Waals surface area (Å²) in [4.78, 5) is 37.5. The molecule has 5 rings (SSSR count). The van der Waals surface area contributed by atoms with Crippen molar-refractivity contribution in [3.8, 4) is 22.6 Å². The second-order valence-electron chi connectivity index (χ2n) is 7.21. The topological polar surface area (TPSA) is 133 Å². The molecule has 0 unspecified atom stereocenters. The third-order valence-corrected chi connectivity index (χ3v) is 4.87. The summed E-state index contributed by atoms with van der Waals surface area (Å²) >= 11 is 0. The molecule has 156 valence electrons. The highest BCUT2D eigenvalue weighted by Gasteiger charge is 2.16. The van der Waals surface area contributed by atoms with Crippen molar-refractivity contribution in [2.45, 2.75) is 0 Å². The highest BCUT2D eigenvalue weighted by atomic mass is 16.2. The number of imidazole rings is 1. The van der Waals surface area contributed by atoms with Crippen LogP contribution in [0.25, 0.3) is 49.7 Å². The molecule has 0 aromatic carbocycles. The number of nitrogens with zero attached hydrogens (tertiary/aromatic N) is 7. The largest absolute Gasteiger partial charge is 0.345 e. The minimum atomic E-state index is -0.244. The maximum Gasteiger partial charge on any atom is 0.321 e. The van der Waals surface area contributed by atoms with Gasteiger partial charge < -0.3 is 15.2 Å². The fraction of sp³-hybridized carbons (Fsp3) is 0.0952. The number of carbonyl (C=O) groups excluding carboxylic acids is 1. The van der Waals surface area contributed by atoms with E-state index in [4.69, 9.17) is 6.57 Å². The van der Waals surface area contributed by atoms with Crippen LogP contribution in [-0.2, 0) is 0 Å². The average molecular weight is 424 g/mol. The van der Waals surface area contributed by atoms with E-state index in [0.717, 1.165) is 16.5 Å². The molecule has 0 fully saturated rings. The minimum absolute atomic E-state index is 0.244. The first-order chi connectivity index (χ1) is 15.5. The molecular weight excluding hydrogens is 408 g/mol. The van der Waals surface area contributed by atoms with Gasteiger partial charge in [-0.25, -0.2) is 24.6 Å². The summed E-state index contributed by atoms with van der Waals surface area (Å²) in [5, 5.41) is 10.8. The maximum atomic E-state index is 11.9. The van der Waals surface area contributed by atoms with E-state index in [1.807, 2.05) is 12.1 Å². The van der Waals surface area contributed by atoms with E-state index in [0.29, 0.717) is 39.7 Å². The third kappa shape index (κ3) is 3.25. The number of H-pyrrole nitrogens is 2. The van der Waals surface area contributed by atoms with Gasteiger partial charge in [-0.05, 0) is 18.2 Å². The van der Waals surface area contributed by atoms with Crippen LogP contribution in [0.4, 0.5) is 16.2 Å². The van der Waals surface area contributed by atoms with Gasteiger partial charge in [0.2, 0.25) is 5.69 Å². The van der Waals surface area contributed by atoms with Crippen molar-refractivity contribution >= 4 is 39.6 Å². The van der Waals surface area contributed by atoms with E-state index in [-0.39, 0.29) is 6.03 Å². The van der Waals surface area contributed by atoms with Crippen molar-refractivity contribution in [3.05, 3.63) is 54.4 Å². The molecule has 0 aliphatic rings. The Morgan fingerprint density at radius 3 is 2.78 bits per heavy atom. The van der Waals surface area contributed by atoms with Gasteiger partial charge in [-0.15, -0.1) is 0 Å². The summed E-state index contributed by atoms with van der Waals surface area (Å²) in [6.45, 7) is 7.33. The number of carbonyl (C=O) groups is 1. The van der Waals surface area contributed by atoms with Crippen molar-refractivity contribution in [2.75, 3.05) is 19.4 Å². The first-order valence-corrected chi connectivity index (χ1v) is 9.54. The van der Waals surface area contributed by atoms with Gasteiger partial charge in [0.1, 0.15) is 5.69 Å². The molecule has 5 aromatic rings. The van der Waals surface area contributed by atoms with Crippen LogP contribution in [0.2, 0.25) is 0 Å². The van der Waals surface area contributed by atoms with Crippen LogP contribution in [0.3, 0.4) is 0 Å². The number of fused-ring (bicyclic) bond motifs is 2. The monoisotopic (exact) mass is 424 g/mol. The number of aromatic nitrogens is 7. The molecule has 32 heavy (non-hydrogen) atoms. The van der Waals surface area contributed by atoms with E-state index >= 15 is 0 Å². The molecule has 3 N–H and O–H groups in total. The smallest absolute Gasteiger partial charge is 0.321 e. The predicted octanol–water partition coefficient (Wildman–Crippen LogP) is 3.60. The Balaban J connectivity index is 1.57. The molecule has 0 bridgehead atoms. The summed E-state index contributed by atoms with van der Waals surface area (Å²) in [7, 11) is 3.33. The molecule has 0 aliphatic heterocycles. The van der Waals surface area contributed by atoms with E-state index in [2.05, 4.69) is 45.3 Å². The summed E-state index contributed by atoms with van der Waals surface area (Å²) < 4.78 is 0. The Morgan fingerprint density at radius 2 is 1.97 bits per heavy atom. The maximum absolute atomic E-state index is 11.9. The highest BCUT2D eigenvalue weighted by Crippen LogP contribution is 2.31. The minimum Gasteiger partial charge on any atom is -0.345 e. The van der Waals surface area contributed by atoms with Gasteiger partial charge in [-0.2, -0.15) is 5.10 Å². The van der Waals surface area contributed by atoms with Crippen molar-refractivity contribution in [3.63, 3.8) is 0 Å². The van der Waals surface area contributed by atoms with Crippen molar-refractivity contribution in [2.24, 2.45) is 0 Å². The third-order valence-electron chi connectivity index (χ3n) is 4.87. The van der Waals surface area contributed by atoms with Crippen LogP contribution >= 0.6 is 0 Å². The summed E-state index contributed by atoms with van der Waals surface area (Å²) in [6, 6.07) is 5.14. The van der Waals surface area contributed by atoms with E-state index in [9.17, 15) is 4.79 Å². The Bertz CT molecular complexity index is 1520. The molecule has 0 aliphatic carbocycles. The molecule has 0 atom stereocenters. The quantitative estimate of drug-likeness (QED) is 0.379. The molecule has 5 heterocycles. The second kappa shape index (κ2) is 7.44. The lowest BCUT2D eigenvalue weighted by atomic mass is 10.1. The predicted molar refractivity (Wildman–Crippen MR) is 119 cm³/mol. The molecule has 2 amide bonds. The number of urea groups is 1. The average Bonchev–Trinajstić information content (AvgIpc) is 3.42. The van der Waals surface area contributed by atoms with Crippen LogP contribution in [0.5, 0.6) is 0 Å². The molecule has 11 heteroatoms. The van der Waals surface area contributed by atoms with Gasteiger partial charge >= 0.3 is 6.03 Å². The highest BCUT2D eigenvalue weighted by molar-refractivity contribution is 5.95. The van der Waals surface area contributed by atoms with Crippen molar-refractivity contribution < 1.29 is 4.79 Å². The number of anilines is 1. The standard InChI is InChI=1S/C21H16N10O/c1-22-15-4-5-24-19-17(15)27-20(28-19)16-14-7-12(9-25-18(14)30-29-16)11-6-13(10-23-8-11)26-21(32)31(2)3/h4-10H,2-3H3,(H,26,32)(H,24,27,28)(H,25,29,30). The zero-order valence-corrected chi connectivity index (χ0v) is 17.1. The van der Waals surface area contributed by atoms with Gasteiger partial charge in [0, 0.05) is 43.8 Å². The number of nitrogens with one attached hydrogen (secondary N) is 3. The number of rotatable bonds is 3. The number of amides is 2. The molecule has 0 radical (unpaired) electrons. The normalized spacial score (nSPS) is 10.9. The molecule has 0 saturated carbocycles. The van der Waals surface area contributed by atoms with Crippen LogP contribution < -0.4 is 5.32 Å². The van der Waals surface area contributed by atoms with Crippen molar-refractivity contribution in [1.82, 2.24) is 40.0 Å². The van der Waals surface area contributed by atoms with Gasteiger partial charge in [0.15, 0.2) is 17.1 Å². The number of aromatic amines is 2. The lowest BCUT2D eigenvalue weighted by molar-refractivity contribution is 0.230. The van der Waals surface area contributed by atoms with E-state index in [1.165, 1.54) is 4.90 Å². The Labute approximate surface area is 181 Å². The van der Waals surface area contributed by atoms with Crippen LogP contribution in [0, 0.1) is 6.57 Å². The Kier molecular flexibility index (Phi) is 4.45. The number of hydrogen-bond acceptors (Lipinski definition) is 6. The molecule has 5 aromatic heterocycles. The summed E-state index contributed by atoms with van der Waals surface area (Å²) in [5.41, 5.74) is 4.77. The zero-order chi connectivity index (χ0) is 22.2. The Hall–Kier alpha value is -4.85. The fourth-order valence-corrected chi connectivity index (χ4v) is 3.25. The van der Waals surface area contributed by atoms with Crippen LogP contribution in [0.15, 0.2) is 43.0 Å². The second-order valence-corrected chi connectivity index (χ2v) is 7.21. The summed E-state index contributed by atoms with van der Waals surface area (Å²) in [6.07, 6.45) is 6.52. The summed E-state index contributed by atoms with van der Waals surface area (Å²) in [5.74, 6) is 0.509. The van der Waals surface area contributed by atoms with Gasteiger partial charge in [0.25, 0.3) is 0 Å². The lowest BCUT2D eigenvalue weighted by Crippen LogP contribution is -2.27. The molecule has 0 spiro atoms. The fourth-order valence-electron chi connectivity index (χ4n) is 3.25. The van der Waals surface area contributed by atoms with Gasteiger partial charge in [0.05, 0.1) is 29.4 Å². The first-order valence-electron chi connectivity index (χ1n) is 9.54. The van der Waals surface area contributed by atoms with Gasteiger partial charge in [-0.1, -0.05) is 0 Å². The molecular formula is C21H16N10O. The molecule has 11 nitrogen and oxygen atoms in total. The number of pyridine rings is 3. The van der Waals surface area contributed by atoms with E-state index < -0.39 is 0 Å². The van der Waals surface area contributed by atoms with Crippen molar-refractivity contribution in [1.29, 1.82) is 0 Å². The number of hydrogen-bond donors (Lipinski definition) is 3. The molecule has 0 saturated heterocycles. The first kappa shape index (κ1) is 19.1. The zero-order valence-electron chi connectivity index (χ0n) is 17.1. The van der Waals surface area contributed by atoms with E-state index in [1.54, 1.807) is 44.9 Å². The van der Waals surface area contributed by atoms with Crippen LogP contribution in [0.1, 0.15) is 0 Å². The van der Waals surface area contributed by atoms with Crippen LogP contribution in [-0.4, -0.2) is 60.1 Å². The Morgan fingerprint density at radius 1 is 1.12 bits per heavy atom.